The molecule has 1 rings (SSSR count). The number of nitrogens with two attached hydrogens (primary N) is 1. The van der Waals surface area contributed by atoms with Crippen LogP contribution in [0.3, 0.4) is 0 Å². The van der Waals surface area contributed by atoms with Crippen LogP contribution in [0.4, 0.5) is 0 Å². The van der Waals surface area contributed by atoms with Gasteiger partial charge in [0.05, 0.1) is 7.11 Å². The van der Waals surface area contributed by atoms with Gasteiger partial charge in [0.2, 0.25) is 0 Å². The van der Waals surface area contributed by atoms with Gasteiger partial charge in [0.15, 0.2) is 0 Å². The van der Waals surface area contributed by atoms with Crippen molar-refractivity contribution >= 4 is 6.47 Å². The molecule has 0 atom stereocenters. The van der Waals surface area contributed by atoms with E-state index in [9.17, 15) is 0 Å². The molecule has 0 aromatic carbocycles. The first-order chi connectivity index (χ1) is 5.31. The molecule has 3 heteroatoms. The van der Waals surface area contributed by atoms with E-state index in [-0.39, 0.29) is 0 Å². The summed E-state index contributed by atoms with van der Waals surface area (Å²) >= 11 is 0. The quantitative estimate of drug-likeness (QED) is 0.582. The van der Waals surface area contributed by atoms with Crippen molar-refractivity contribution in [1.82, 2.24) is 0 Å². The average molecular weight is 159 g/mol. The summed E-state index contributed by atoms with van der Waals surface area (Å²) in [5.74, 6) is 0. The Labute approximate surface area is 67.9 Å². The van der Waals surface area contributed by atoms with Crippen molar-refractivity contribution < 1.29 is 9.53 Å². The lowest BCUT2D eigenvalue weighted by atomic mass is 9.97. The smallest absolute Gasteiger partial charge is 0.292 e. The largest absolute Gasteiger partial charge is 0.471 e. The zero-order valence-corrected chi connectivity index (χ0v) is 7.08. The van der Waals surface area contributed by atoms with Gasteiger partial charge in [0.1, 0.15) is 0 Å². The molecule has 0 spiro atoms. The van der Waals surface area contributed by atoms with Crippen LogP contribution in [0.5, 0.6) is 0 Å². The molecule has 0 aliphatic heterocycles. The highest BCUT2D eigenvalue weighted by atomic mass is 16.5. The van der Waals surface area contributed by atoms with Gasteiger partial charge >= 0.3 is 0 Å². The fourth-order valence-corrected chi connectivity index (χ4v) is 1.13. The molecule has 0 unspecified atom stereocenters. The van der Waals surface area contributed by atoms with Crippen molar-refractivity contribution in [2.24, 2.45) is 5.73 Å². The van der Waals surface area contributed by atoms with Crippen LogP contribution in [0.25, 0.3) is 0 Å². The minimum Gasteiger partial charge on any atom is -0.471 e. The third-order valence-corrected chi connectivity index (χ3v) is 1.75. The van der Waals surface area contributed by atoms with Gasteiger partial charge in [-0.1, -0.05) is 19.3 Å². The number of carbonyl (C=O) groups is 1. The Balaban J connectivity index is 0.000000218. The maximum atomic E-state index is 8.95. The minimum absolute atomic E-state index is 0.375. The lowest BCUT2D eigenvalue weighted by Gasteiger charge is -2.15. The standard InChI is InChI=1S/C6H13N.C2H4O2/c7-6-4-2-1-3-5-6;1-4-2-3/h6H,1-5,7H2;2H,1H3. The lowest BCUT2D eigenvalue weighted by Crippen LogP contribution is -2.22. The average Bonchev–Trinajstić information content (AvgIpc) is 2.07. The maximum Gasteiger partial charge on any atom is 0.292 e. The van der Waals surface area contributed by atoms with E-state index in [1.807, 2.05) is 0 Å². The molecule has 3 nitrogen and oxygen atoms in total. The minimum atomic E-state index is 0.375. The first-order valence-electron chi connectivity index (χ1n) is 4.03. The zero-order chi connectivity index (χ0) is 8.53. The number of methoxy groups -OCH3 is 1. The molecule has 2 N–H and O–H groups in total. The van der Waals surface area contributed by atoms with Gasteiger partial charge in [-0.05, 0) is 12.8 Å². The van der Waals surface area contributed by atoms with E-state index in [1.165, 1.54) is 39.2 Å². The van der Waals surface area contributed by atoms with Crippen LogP contribution in [0.15, 0.2) is 0 Å². The predicted molar refractivity (Wildman–Crippen MR) is 44.1 cm³/mol. The summed E-state index contributed by atoms with van der Waals surface area (Å²) in [4.78, 5) is 8.95. The molecule has 0 radical (unpaired) electrons. The van der Waals surface area contributed by atoms with Crippen LogP contribution in [0, 0.1) is 0 Å². The number of hydrogen-bond donors (Lipinski definition) is 1. The molecular formula is C8H17NO2. The topological polar surface area (TPSA) is 52.3 Å². The molecule has 11 heavy (non-hydrogen) atoms. The molecule has 0 bridgehead atoms. The van der Waals surface area contributed by atoms with Crippen LogP contribution in [0.2, 0.25) is 0 Å². The van der Waals surface area contributed by atoms with Crippen LogP contribution in [0.1, 0.15) is 32.1 Å². The number of rotatable bonds is 1. The third-order valence-electron chi connectivity index (χ3n) is 1.75. The Kier molecular flexibility index (Phi) is 7.15. The Morgan fingerprint density at radius 1 is 1.36 bits per heavy atom. The molecule has 1 aliphatic rings. The van der Waals surface area contributed by atoms with Crippen molar-refractivity contribution in [2.45, 2.75) is 38.1 Å². The second-order valence-electron chi connectivity index (χ2n) is 2.73. The molecular weight excluding hydrogens is 142 g/mol. The van der Waals surface area contributed by atoms with Crippen LogP contribution in [-0.4, -0.2) is 19.6 Å². The van der Waals surface area contributed by atoms with Gasteiger partial charge in [-0.15, -0.1) is 0 Å². The van der Waals surface area contributed by atoms with E-state index in [1.54, 1.807) is 0 Å². The monoisotopic (exact) mass is 159 g/mol. The summed E-state index contributed by atoms with van der Waals surface area (Å²) in [7, 11) is 1.31. The van der Waals surface area contributed by atoms with E-state index < -0.39 is 0 Å². The highest BCUT2D eigenvalue weighted by molar-refractivity contribution is 5.36. The molecule has 1 fully saturated rings. The van der Waals surface area contributed by atoms with Crippen LogP contribution >= 0.6 is 0 Å². The summed E-state index contributed by atoms with van der Waals surface area (Å²) in [5.41, 5.74) is 5.63. The van der Waals surface area contributed by atoms with Gasteiger partial charge in [-0.25, -0.2) is 0 Å². The Bertz CT molecular complexity index is 90.1. The molecule has 0 aromatic rings. The van der Waals surface area contributed by atoms with Crippen LogP contribution < -0.4 is 5.73 Å². The molecule has 0 aromatic heterocycles. The maximum absolute atomic E-state index is 8.95. The van der Waals surface area contributed by atoms with Crippen molar-refractivity contribution in [3.05, 3.63) is 0 Å². The molecule has 0 heterocycles. The van der Waals surface area contributed by atoms with Gasteiger partial charge < -0.3 is 10.5 Å². The van der Waals surface area contributed by atoms with E-state index in [2.05, 4.69) is 4.74 Å². The van der Waals surface area contributed by atoms with E-state index in [0.717, 1.165) is 0 Å². The third kappa shape index (κ3) is 7.33. The predicted octanol–water partition coefficient (Wildman–Crippen LogP) is 1.07. The van der Waals surface area contributed by atoms with Crippen molar-refractivity contribution in [3.63, 3.8) is 0 Å². The van der Waals surface area contributed by atoms with Crippen molar-refractivity contribution in [1.29, 1.82) is 0 Å². The van der Waals surface area contributed by atoms with E-state index in [4.69, 9.17) is 10.5 Å². The van der Waals surface area contributed by atoms with E-state index in [0.29, 0.717) is 12.5 Å². The number of hydrogen-bond acceptors (Lipinski definition) is 3. The fraction of sp³-hybridized carbons (Fsp3) is 0.875. The van der Waals surface area contributed by atoms with Crippen molar-refractivity contribution in [3.8, 4) is 0 Å². The van der Waals surface area contributed by atoms with Gasteiger partial charge in [0.25, 0.3) is 6.47 Å². The number of carbonyl (C=O) groups excluding carboxylic acids is 1. The van der Waals surface area contributed by atoms with Crippen LogP contribution in [-0.2, 0) is 9.53 Å². The first kappa shape index (κ1) is 10.4. The van der Waals surface area contributed by atoms with Gasteiger partial charge in [-0.2, -0.15) is 0 Å². The normalized spacial score (nSPS) is 18.0. The zero-order valence-electron chi connectivity index (χ0n) is 7.08. The van der Waals surface area contributed by atoms with E-state index >= 15 is 0 Å². The molecule has 0 saturated heterocycles. The molecule has 0 amide bonds. The SMILES string of the molecule is COC=O.NC1CCCCC1. The molecule has 1 aliphatic carbocycles. The summed E-state index contributed by atoms with van der Waals surface area (Å²) in [5, 5.41) is 0. The Hall–Kier alpha value is -0.570. The second-order valence-corrected chi connectivity index (χ2v) is 2.73. The summed E-state index contributed by atoms with van der Waals surface area (Å²) in [6.45, 7) is 0.375. The highest BCUT2D eigenvalue weighted by Gasteiger charge is 2.06. The Morgan fingerprint density at radius 3 is 2.00 bits per heavy atom. The Morgan fingerprint density at radius 2 is 1.82 bits per heavy atom. The summed E-state index contributed by atoms with van der Waals surface area (Å²) in [6.07, 6.45) is 6.66. The molecule has 1 saturated carbocycles. The summed E-state index contributed by atoms with van der Waals surface area (Å²) in [6, 6.07) is 0.536. The second kappa shape index (κ2) is 7.54. The molecule has 66 valence electrons. The first-order valence-corrected chi connectivity index (χ1v) is 4.03. The fourth-order valence-electron chi connectivity index (χ4n) is 1.13. The lowest BCUT2D eigenvalue weighted by molar-refractivity contribution is -0.126. The highest BCUT2D eigenvalue weighted by Crippen LogP contribution is 2.14. The van der Waals surface area contributed by atoms with Crippen molar-refractivity contribution in [2.75, 3.05) is 7.11 Å². The number of ether oxygens (including phenoxy) is 1. The van der Waals surface area contributed by atoms with Gasteiger partial charge in [0, 0.05) is 6.04 Å². The van der Waals surface area contributed by atoms with Gasteiger partial charge in [-0.3, -0.25) is 4.79 Å². The summed E-state index contributed by atoms with van der Waals surface area (Å²) < 4.78 is 3.86.